The molecule has 1 atom stereocenters. The molecule has 0 radical (unpaired) electrons. The average Bonchev–Trinajstić information content (AvgIpc) is 2.47. The van der Waals surface area contributed by atoms with Crippen molar-refractivity contribution in [3.63, 3.8) is 0 Å². The van der Waals surface area contributed by atoms with Gasteiger partial charge in [-0.1, -0.05) is 13.3 Å². The summed E-state index contributed by atoms with van der Waals surface area (Å²) in [7, 11) is 0. The van der Waals surface area contributed by atoms with Crippen molar-refractivity contribution in [2.75, 3.05) is 19.7 Å². The molecule has 3 heteroatoms. The van der Waals surface area contributed by atoms with Gasteiger partial charge in [-0.25, -0.2) is 0 Å². The third-order valence-corrected chi connectivity index (χ3v) is 3.59. The molecular weight excluding hydrogens is 202 g/mol. The third-order valence-electron chi connectivity index (χ3n) is 3.59. The van der Waals surface area contributed by atoms with E-state index in [-0.39, 0.29) is 6.61 Å². The predicted octanol–water partition coefficient (Wildman–Crippen LogP) is 2.19. The smallest absolute Gasteiger partial charge is 0.222 e. The number of amides is 1. The highest BCUT2D eigenvalue weighted by Crippen LogP contribution is 2.21. The van der Waals surface area contributed by atoms with E-state index < -0.39 is 0 Å². The van der Waals surface area contributed by atoms with Gasteiger partial charge in [0.1, 0.15) is 0 Å². The van der Waals surface area contributed by atoms with E-state index in [0.29, 0.717) is 5.91 Å². The van der Waals surface area contributed by atoms with Crippen LogP contribution in [0.15, 0.2) is 0 Å². The fourth-order valence-corrected chi connectivity index (χ4v) is 2.33. The first kappa shape index (κ1) is 13.5. The molecule has 1 aliphatic heterocycles. The van der Waals surface area contributed by atoms with E-state index >= 15 is 0 Å². The quantitative estimate of drug-likeness (QED) is 0.707. The van der Waals surface area contributed by atoms with Crippen LogP contribution in [0.3, 0.4) is 0 Å². The van der Waals surface area contributed by atoms with Crippen molar-refractivity contribution >= 4 is 5.91 Å². The van der Waals surface area contributed by atoms with Crippen LogP contribution in [0.1, 0.15) is 51.9 Å². The number of carbonyl (C=O) groups excluding carboxylic acids is 1. The second-order valence-electron chi connectivity index (χ2n) is 4.77. The van der Waals surface area contributed by atoms with Crippen molar-refractivity contribution in [2.24, 2.45) is 5.92 Å². The maximum Gasteiger partial charge on any atom is 0.222 e. The molecule has 1 amide bonds. The van der Waals surface area contributed by atoms with E-state index in [9.17, 15) is 4.79 Å². The van der Waals surface area contributed by atoms with E-state index in [1.54, 1.807) is 0 Å². The van der Waals surface area contributed by atoms with Gasteiger partial charge in [0.2, 0.25) is 5.91 Å². The van der Waals surface area contributed by atoms with E-state index in [0.717, 1.165) is 51.1 Å². The monoisotopic (exact) mass is 227 g/mol. The Hall–Kier alpha value is -0.570. The maximum absolute atomic E-state index is 11.8. The minimum atomic E-state index is 0.270. The Balaban J connectivity index is 2.26. The molecule has 0 aromatic rings. The van der Waals surface area contributed by atoms with Crippen LogP contribution in [0.4, 0.5) is 0 Å². The second kappa shape index (κ2) is 7.66. The Morgan fingerprint density at radius 2 is 2.12 bits per heavy atom. The predicted molar refractivity (Wildman–Crippen MR) is 65.1 cm³/mol. The lowest BCUT2D eigenvalue weighted by molar-refractivity contribution is -0.130. The number of nitrogens with zero attached hydrogens (tertiary/aromatic N) is 1. The van der Waals surface area contributed by atoms with E-state index in [1.807, 2.05) is 4.90 Å². The summed E-state index contributed by atoms with van der Waals surface area (Å²) in [6.45, 7) is 4.31. The van der Waals surface area contributed by atoms with Crippen molar-refractivity contribution in [2.45, 2.75) is 51.9 Å². The molecule has 0 aromatic carbocycles. The summed E-state index contributed by atoms with van der Waals surface area (Å²) >= 11 is 0. The first-order valence-electron chi connectivity index (χ1n) is 6.66. The fraction of sp³-hybridized carbons (Fsp3) is 0.923. The molecule has 1 aliphatic rings. The van der Waals surface area contributed by atoms with Crippen LogP contribution in [0.25, 0.3) is 0 Å². The third kappa shape index (κ3) is 4.52. The summed E-state index contributed by atoms with van der Waals surface area (Å²) in [5.41, 5.74) is 0. The number of unbranched alkanes of at least 4 members (excludes halogenated alkanes) is 2. The molecule has 1 N–H and O–H groups in total. The molecule has 0 spiro atoms. The molecule has 1 fully saturated rings. The Labute approximate surface area is 98.8 Å². The maximum atomic E-state index is 11.8. The summed E-state index contributed by atoms with van der Waals surface area (Å²) in [6.07, 6.45) is 7.09. The number of rotatable bonds is 6. The zero-order valence-corrected chi connectivity index (χ0v) is 10.5. The van der Waals surface area contributed by atoms with Crippen LogP contribution < -0.4 is 0 Å². The van der Waals surface area contributed by atoms with Crippen LogP contribution >= 0.6 is 0 Å². The fourth-order valence-electron chi connectivity index (χ4n) is 2.33. The van der Waals surface area contributed by atoms with Gasteiger partial charge in [-0.2, -0.15) is 0 Å². The lowest BCUT2D eigenvalue weighted by Gasteiger charge is -2.20. The number of likely N-dealkylation sites (tertiary alicyclic amines) is 1. The molecule has 3 nitrogen and oxygen atoms in total. The van der Waals surface area contributed by atoms with Crippen LogP contribution in [0, 0.1) is 5.92 Å². The van der Waals surface area contributed by atoms with Gasteiger partial charge in [-0.15, -0.1) is 0 Å². The van der Waals surface area contributed by atoms with Crippen molar-refractivity contribution in [1.82, 2.24) is 4.90 Å². The van der Waals surface area contributed by atoms with Gasteiger partial charge in [0.25, 0.3) is 0 Å². The van der Waals surface area contributed by atoms with Gasteiger partial charge in [0, 0.05) is 26.1 Å². The van der Waals surface area contributed by atoms with Crippen LogP contribution in [-0.4, -0.2) is 35.6 Å². The topological polar surface area (TPSA) is 40.5 Å². The Morgan fingerprint density at radius 1 is 1.31 bits per heavy atom. The normalized spacial score (nSPS) is 22.2. The van der Waals surface area contributed by atoms with Gasteiger partial charge in [0.15, 0.2) is 0 Å². The summed E-state index contributed by atoms with van der Waals surface area (Å²) in [5.74, 6) is 1.08. The van der Waals surface area contributed by atoms with Gasteiger partial charge >= 0.3 is 0 Å². The van der Waals surface area contributed by atoms with Crippen LogP contribution in [0.5, 0.6) is 0 Å². The SMILES string of the molecule is CCC1CCC(=O)N(CCCCCO)CC1. The molecule has 16 heavy (non-hydrogen) atoms. The molecule has 94 valence electrons. The molecular formula is C13H25NO2. The molecule has 0 bridgehead atoms. The molecule has 0 aliphatic carbocycles. The summed E-state index contributed by atoms with van der Waals surface area (Å²) in [4.78, 5) is 13.8. The van der Waals surface area contributed by atoms with Crippen molar-refractivity contribution in [1.29, 1.82) is 0 Å². The standard InChI is InChI=1S/C13H25NO2/c1-2-12-6-7-13(16)14(10-8-12)9-4-3-5-11-15/h12,15H,2-11H2,1H3. The molecule has 1 unspecified atom stereocenters. The number of carbonyl (C=O) groups is 1. The summed E-state index contributed by atoms with van der Waals surface area (Å²) in [6, 6.07) is 0. The Bertz CT molecular complexity index is 206. The molecule has 0 saturated carbocycles. The number of hydrogen-bond acceptors (Lipinski definition) is 2. The van der Waals surface area contributed by atoms with Crippen molar-refractivity contribution in [3.8, 4) is 0 Å². The highest BCUT2D eigenvalue weighted by Gasteiger charge is 2.20. The van der Waals surface area contributed by atoms with Crippen molar-refractivity contribution < 1.29 is 9.90 Å². The first-order valence-corrected chi connectivity index (χ1v) is 6.66. The second-order valence-corrected chi connectivity index (χ2v) is 4.77. The number of aliphatic hydroxyl groups excluding tert-OH is 1. The van der Waals surface area contributed by atoms with Gasteiger partial charge in [-0.3, -0.25) is 4.79 Å². The number of aliphatic hydroxyl groups is 1. The highest BCUT2D eigenvalue weighted by molar-refractivity contribution is 5.76. The summed E-state index contributed by atoms with van der Waals surface area (Å²) < 4.78 is 0. The zero-order chi connectivity index (χ0) is 11.8. The van der Waals surface area contributed by atoms with Crippen LogP contribution in [-0.2, 0) is 4.79 Å². The Kier molecular flexibility index (Phi) is 6.46. The lowest BCUT2D eigenvalue weighted by Crippen LogP contribution is -2.31. The summed E-state index contributed by atoms with van der Waals surface area (Å²) in [5, 5.41) is 8.69. The Morgan fingerprint density at radius 3 is 2.81 bits per heavy atom. The van der Waals surface area contributed by atoms with Crippen LogP contribution in [0.2, 0.25) is 0 Å². The van der Waals surface area contributed by atoms with Gasteiger partial charge < -0.3 is 10.0 Å². The van der Waals surface area contributed by atoms with E-state index in [4.69, 9.17) is 5.11 Å². The van der Waals surface area contributed by atoms with Crippen molar-refractivity contribution in [3.05, 3.63) is 0 Å². The van der Waals surface area contributed by atoms with E-state index in [1.165, 1.54) is 12.8 Å². The largest absolute Gasteiger partial charge is 0.396 e. The molecule has 1 rings (SSSR count). The van der Waals surface area contributed by atoms with Gasteiger partial charge in [0.05, 0.1) is 0 Å². The zero-order valence-electron chi connectivity index (χ0n) is 10.5. The van der Waals surface area contributed by atoms with Gasteiger partial charge in [-0.05, 0) is 38.0 Å². The molecule has 1 heterocycles. The average molecular weight is 227 g/mol. The number of hydrogen-bond donors (Lipinski definition) is 1. The first-order chi connectivity index (χ1) is 7.77. The van der Waals surface area contributed by atoms with E-state index in [2.05, 4.69) is 6.92 Å². The molecule has 0 aromatic heterocycles. The lowest BCUT2D eigenvalue weighted by atomic mass is 9.98. The minimum Gasteiger partial charge on any atom is -0.396 e. The minimum absolute atomic E-state index is 0.270. The highest BCUT2D eigenvalue weighted by atomic mass is 16.2. The molecule has 1 saturated heterocycles.